The van der Waals surface area contributed by atoms with Gasteiger partial charge < -0.3 is 14.6 Å². The lowest BCUT2D eigenvalue weighted by Gasteiger charge is -2.19. The molecule has 0 saturated carbocycles. The van der Waals surface area contributed by atoms with Crippen molar-refractivity contribution < 1.29 is 14.6 Å². The number of phenolic OH excluding ortho intramolecular Hbond substituents is 1. The second kappa shape index (κ2) is 8.04. The Labute approximate surface area is 187 Å². The third-order valence-electron chi connectivity index (χ3n) is 5.63. The van der Waals surface area contributed by atoms with Gasteiger partial charge in [-0.3, -0.25) is 0 Å². The van der Waals surface area contributed by atoms with Crippen molar-refractivity contribution in [3.05, 3.63) is 102 Å². The molecule has 1 aliphatic heterocycles. The monoisotopic (exact) mass is 423 g/mol. The number of para-hydroxylation sites is 1. The number of hydrogen-bond acceptors (Lipinski definition) is 4. The highest BCUT2D eigenvalue weighted by molar-refractivity contribution is 5.90. The van der Waals surface area contributed by atoms with Gasteiger partial charge >= 0.3 is 0 Å². The molecular formula is C28H25NO3. The summed E-state index contributed by atoms with van der Waals surface area (Å²) in [4.78, 5) is 4.67. The molecule has 5 rings (SSSR count). The van der Waals surface area contributed by atoms with Crippen LogP contribution in [0.3, 0.4) is 0 Å². The Morgan fingerprint density at radius 3 is 2.38 bits per heavy atom. The zero-order valence-electron chi connectivity index (χ0n) is 18.2. The zero-order chi connectivity index (χ0) is 22.1. The van der Waals surface area contributed by atoms with Crippen molar-refractivity contribution >= 4 is 22.2 Å². The molecule has 32 heavy (non-hydrogen) atoms. The molecule has 4 aromatic rings. The highest BCUT2D eigenvalue weighted by Crippen LogP contribution is 2.44. The minimum atomic E-state index is -0.278. The van der Waals surface area contributed by atoms with Crippen molar-refractivity contribution in [3.8, 4) is 11.5 Å². The van der Waals surface area contributed by atoms with E-state index < -0.39 is 0 Å². The van der Waals surface area contributed by atoms with Crippen LogP contribution in [-0.4, -0.2) is 15.7 Å². The summed E-state index contributed by atoms with van der Waals surface area (Å²) in [5.74, 6) is 1.91. The second-order valence-corrected chi connectivity index (χ2v) is 8.70. The summed E-state index contributed by atoms with van der Waals surface area (Å²) in [6, 6.07) is 27.4. The van der Waals surface area contributed by atoms with Crippen molar-refractivity contribution in [3.63, 3.8) is 0 Å². The summed E-state index contributed by atoms with van der Waals surface area (Å²) < 4.78 is 12.3. The molecule has 0 spiro atoms. The van der Waals surface area contributed by atoms with Gasteiger partial charge in [0.2, 0.25) is 0 Å². The third-order valence-corrected chi connectivity index (χ3v) is 5.63. The molecule has 1 N–H and O–H groups in total. The van der Waals surface area contributed by atoms with Gasteiger partial charge in [0.05, 0.1) is 11.2 Å². The molecule has 0 aliphatic carbocycles. The molecule has 1 aromatic heterocycles. The molecule has 0 amide bonds. The summed E-state index contributed by atoms with van der Waals surface area (Å²) in [5.41, 5.74) is 4.82. The van der Waals surface area contributed by atoms with Gasteiger partial charge in [0.1, 0.15) is 29.5 Å². The van der Waals surface area contributed by atoms with Crippen LogP contribution >= 0.6 is 0 Å². The second-order valence-electron chi connectivity index (χ2n) is 8.70. The molecule has 0 bridgehead atoms. The molecule has 0 radical (unpaired) electrons. The van der Waals surface area contributed by atoms with Crippen LogP contribution in [-0.2, 0) is 11.3 Å². The fourth-order valence-corrected chi connectivity index (χ4v) is 4.06. The van der Waals surface area contributed by atoms with Gasteiger partial charge in [0.15, 0.2) is 0 Å². The topological polar surface area (TPSA) is 51.6 Å². The third kappa shape index (κ3) is 4.17. The number of benzene rings is 3. The normalized spacial score (nSPS) is 15.1. The fourth-order valence-electron chi connectivity index (χ4n) is 4.06. The lowest BCUT2D eigenvalue weighted by molar-refractivity contribution is 0.101. The van der Waals surface area contributed by atoms with Crippen LogP contribution < -0.4 is 4.74 Å². The Morgan fingerprint density at radius 2 is 1.59 bits per heavy atom. The van der Waals surface area contributed by atoms with Gasteiger partial charge in [-0.25, -0.2) is 4.98 Å². The van der Waals surface area contributed by atoms with Crippen LogP contribution in [0.4, 0.5) is 0 Å². The first kappa shape index (κ1) is 20.1. The summed E-state index contributed by atoms with van der Waals surface area (Å²) in [6.45, 7) is 4.60. The Kier molecular flexibility index (Phi) is 5.06. The molecular weight excluding hydrogens is 398 g/mol. The van der Waals surface area contributed by atoms with Crippen LogP contribution in [0.25, 0.3) is 22.2 Å². The number of aromatic hydroxyl groups is 1. The highest BCUT2D eigenvalue weighted by atomic mass is 16.5. The maximum absolute atomic E-state index is 9.63. The quantitative estimate of drug-likeness (QED) is 0.394. The van der Waals surface area contributed by atoms with Gasteiger partial charge in [-0.15, -0.1) is 0 Å². The molecule has 0 saturated heterocycles. The molecule has 3 aromatic carbocycles. The molecule has 2 heterocycles. The van der Waals surface area contributed by atoms with Gasteiger partial charge in [-0.1, -0.05) is 36.4 Å². The molecule has 160 valence electrons. The summed E-state index contributed by atoms with van der Waals surface area (Å²) in [5, 5.41) is 10.8. The van der Waals surface area contributed by atoms with Crippen LogP contribution in [0.15, 0.2) is 84.9 Å². The van der Waals surface area contributed by atoms with Gasteiger partial charge in [-0.05, 0) is 67.9 Å². The van der Waals surface area contributed by atoms with Crippen LogP contribution in [0, 0.1) is 0 Å². The number of fused-ring (bicyclic) bond motifs is 1. The number of aromatic nitrogens is 1. The number of phenols is 1. The average molecular weight is 424 g/mol. The molecule has 4 nitrogen and oxygen atoms in total. The molecule has 0 unspecified atom stereocenters. The van der Waals surface area contributed by atoms with E-state index in [4.69, 9.17) is 9.47 Å². The largest absolute Gasteiger partial charge is 0.508 e. The minimum Gasteiger partial charge on any atom is -0.508 e. The Balaban J connectivity index is 1.35. The van der Waals surface area contributed by atoms with Crippen molar-refractivity contribution in [2.75, 3.05) is 0 Å². The Bertz CT molecular complexity index is 1290. The predicted molar refractivity (Wildman–Crippen MR) is 127 cm³/mol. The first-order valence-electron chi connectivity index (χ1n) is 10.8. The van der Waals surface area contributed by atoms with Gasteiger partial charge in [0, 0.05) is 22.9 Å². The summed E-state index contributed by atoms with van der Waals surface area (Å²) in [7, 11) is 0. The number of pyridine rings is 1. The Morgan fingerprint density at radius 1 is 0.875 bits per heavy atom. The smallest absolute Gasteiger partial charge is 0.131 e. The van der Waals surface area contributed by atoms with E-state index in [1.165, 1.54) is 0 Å². The van der Waals surface area contributed by atoms with Crippen molar-refractivity contribution in [1.82, 2.24) is 4.98 Å². The first-order chi connectivity index (χ1) is 15.5. The van der Waals surface area contributed by atoms with Crippen LogP contribution in [0.5, 0.6) is 11.5 Å². The van der Waals surface area contributed by atoms with Gasteiger partial charge in [-0.2, -0.15) is 0 Å². The summed E-state index contributed by atoms with van der Waals surface area (Å²) in [6.07, 6.45) is 0.810. The SMILES string of the molecule is CC1(C)CC(c2ccc(OCc3ccc4ccccc4n3)cc2)=C(c2ccc(O)cc2)O1. The zero-order valence-corrected chi connectivity index (χ0v) is 18.2. The molecule has 0 fully saturated rings. The number of nitrogens with zero attached hydrogens (tertiary/aromatic N) is 1. The number of ether oxygens (including phenoxy) is 2. The standard InChI is InChI=1S/C28H25NO3/c1-28(2)17-25(27(32-28)21-8-13-23(30)14-9-21)19-10-15-24(16-11-19)31-18-22-12-7-20-5-3-4-6-26(20)29-22/h3-16,30H,17-18H2,1-2H3. The van der Waals surface area contributed by atoms with Crippen molar-refractivity contribution in [2.45, 2.75) is 32.5 Å². The van der Waals surface area contributed by atoms with E-state index in [9.17, 15) is 5.11 Å². The number of hydrogen-bond donors (Lipinski definition) is 1. The van der Waals surface area contributed by atoms with Crippen LogP contribution in [0.1, 0.15) is 37.1 Å². The fraction of sp³-hybridized carbons (Fsp3) is 0.179. The van der Waals surface area contributed by atoms with E-state index in [0.29, 0.717) is 6.61 Å². The first-order valence-corrected chi connectivity index (χ1v) is 10.8. The Hall–Kier alpha value is -3.79. The van der Waals surface area contributed by atoms with E-state index in [0.717, 1.165) is 51.2 Å². The van der Waals surface area contributed by atoms with E-state index in [1.807, 2.05) is 48.5 Å². The number of rotatable bonds is 5. The van der Waals surface area contributed by atoms with Crippen LogP contribution in [0.2, 0.25) is 0 Å². The lowest BCUT2D eigenvalue weighted by atomic mass is 9.94. The van der Waals surface area contributed by atoms with Gasteiger partial charge in [0.25, 0.3) is 0 Å². The van der Waals surface area contributed by atoms with E-state index in [-0.39, 0.29) is 11.4 Å². The maximum atomic E-state index is 9.63. The van der Waals surface area contributed by atoms with Crippen molar-refractivity contribution in [1.29, 1.82) is 0 Å². The lowest BCUT2D eigenvalue weighted by Crippen LogP contribution is -2.17. The van der Waals surface area contributed by atoms with E-state index >= 15 is 0 Å². The predicted octanol–water partition coefficient (Wildman–Crippen LogP) is 6.59. The van der Waals surface area contributed by atoms with E-state index in [1.54, 1.807) is 12.1 Å². The minimum absolute atomic E-state index is 0.246. The van der Waals surface area contributed by atoms with Crippen molar-refractivity contribution in [2.24, 2.45) is 0 Å². The molecule has 1 aliphatic rings. The average Bonchev–Trinajstić information content (AvgIpc) is 3.14. The summed E-state index contributed by atoms with van der Waals surface area (Å²) >= 11 is 0. The molecule has 4 heteroatoms. The molecule has 0 atom stereocenters. The maximum Gasteiger partial charge on any atom is 0.131 e. The van der Waals surface area contributed by atoms with E-state index in [2.05, 4.69) is 43.1 Å². The highest BCUT2D eigenvalue weighted by Gasteiger charge is 2.33.